The molecule has 271 valence electrons. The van der Waals surface area contributed by atoms with Crippen LogP contribution in [-0.4, -0.2) is 15.9 Å². The summed E-state index contributed by atoms with van der Waals surface area (Å²) in [6, 6.07) is 25.2. The third kappa shape index (κ3) is 9.27. The van der Waals surface area contributed by atoms with Gasteiger partial charge < -0.3 is 9.52 Å². The summed E-state index contributed by atoms with van der Waals surface area (Å²) < 4.78 is 6.54. The molecule has 3 heterocycles. The van der Waals surface area contributed by atoms with Crippen LogP contribution in [0.5, 0.6) is 0 Å². The topological polar surface area (TPSA) is 63.3 Å². The van der Waals surface area contributed by atoms with E-state index in [1.54, 1.807) is 0 Å². The van der Waals surface area contributed by atoms with Gasteiger partial charge in [0.05, 0.1) is 11.3 Å². The molecular formula is C45H52IrNO3S-. The Morgan fingerprint density at radius 3 is 2.27 bits per heavy atom. The molecule has 3 aromatic carbocycles. The van der Waals surface area contributed by atoms with Crippen molar-refractivity contribution in [3.8, 4) is 21.7 Å². The average molecular weight is 879 g/mol. The molecule has 0 amide bonds. The molecule has 0 unspecified atom stereocenters. The van der Waals surface area contributed by atoms with Crippen LogP contribution in [0.15, 0.2) is 83.1 Å². The normalized spacial score (nSPS) is 12.1. The number of hydrogen-bond donors (Lipinski definition) is 1. The number of fused-ring (bicyclic) bond motifs is 5. The first kappa shape index (κ1) is 40.2. The van der Waals surface area contributed by atoms with E-state index in [-0.39, 0.29) is 48.9 Å². The maximum Gasteiger partial charge on any atom is 0.162 e. The van der Waals surface area contributed by atoms with Crippen LogP contribution in [0.25, 0.3) is 54.4 Å². The van der Waals surface area contributed by atoms with Gasteiger partial charge in [-0.1, -0.05) is 89.7 Å². The summed E-state index contributed by atoms with van der Waals surface area (Å²) >= 11 is 1.87. The number of benzene rings is 3. The number of carbonyl (C=O) groups excluding carboxylic acids is 1. The molecule has 51 heavy (non-hydrogen) atoms. The van der Waals surface area contributed by atoms with Gasteiger partial charge in [0, 0.05) is 65.0 Å². The molecule has 0 aliphatic heterocycles. The van der Waals surface area contributed by atoms with Crippen molar-refractivity contribution < 1.29 is 34.4 Å². The maximum atomic E-state index is 11.7. The summed E-state index contributed by atoms with van der Waals surface area (Å²) in [6.07, 6.45) is 7.89. The Morgan fingerprint density at radius 1 is 0.922 bits per heavy atom. The number of aliphatic hydroxyl groups excluding tert-OH is 1. The summed E-state index contributed by atoms with van der Waals surface area (Å²) in [7, 11) is 0. The number of pyridine rings is 1. The number of nitrogens with zero attached hydrogens (tertiary/aromatic N) is 1. The number of aliphatic hydroxyl groups is 1. The van der Waals surface area contributed by atoms with Gasteiger partial charge in [0.25, 0.3) is 0 Å². The van der Waals surface area contributed by atoms with Crippen molar-refractivity contribution >= 4 is 49.8 Å². The smallest absolute Gasteiger partial charge is 0.162 e. The SMILES string of the molecule is CCC(CC)C(=O)/C=C(\O)C(CC)CC.Cc1cc(C)c2c(c1)oc1c(-c3cc(-c4ccc(CC(C)(C)C)s4)ccn3)[c-]c3ccccc3c12.[Ir]. The van der Waals surface area contributed by atoms with Crippen molar-refractivity contribution in [1.82, 2.24) is 4.98 Å². The molecule has 0 saturated heterocycles. The van der Waals surface area contributed by atoms with Crippen molar-refractivity contribution in [1.29, 1.82) is 0 Å². The molecule has 0 saturated carbocycles. The van der Waals surface area contributed by atoms with Gasteiger partial charge in [-0.05, 0) is 97.7 Å². The fourth-order valence-electron chi connectivity index (χ4n) is 6.87. The van der Waals surface area contributed by atoms with E-state index in [1.807, 2.05) is 45.2 Å². The van der Waals surface area contributed by atoms with E-state index in [0.29, 0.717) is 0 Å². The van der Waals surface area contributed by atoms with Crippen molar-refractivity contribution in [2.24, 2.45) is 17.3 Å². The number of allylic oxidation sites excluding steroid dienone is 2. The molecule has 0 aliphatic rings. The molecule has 6 rings (SSSR count). The Bertz CT molecular complexity index is 2140. The minimum atomic E-state index is 0. The summed E-state index contributed by atoms with van der Waals surface area (Å²) in [5.41, 5.74) is 7.47. The van der Waals surface area contributed by atoms with Gasteiger partial charge in [-0.15, -0.1) is 28.9 Å². The van der Waals surface area contributed by atoms with E-state index >= 15 is 0 Å². The number of aromatic nitrogens is 1. The van der Waals surface area contributed by atoms with E-state index in [2.05, 4.69) is 101 Å². The zero-order valence-corrected chi connectivity index (χ0v) is 34.8. The van der Waals surface area contributed by atoms with Crippen LogP contribution in [0.3, 0.4) is 0 Å². The zero-order chi connectivity index (χ0) is 36.2. The van der Waals surface area contributed by atoms with E-state index in [0.717, 1.165) is 70.7 Å². The third-order valence-corrected chi connectivity index (χ3v) is 10.7. The van der Waals surface area contributed by atoms with Gasteiger partial charge in [-0.2, -0.15) is 0 Å². The number of ketones is 1. The van der Waals surface area contributed by atoms with E-state index in [4.69, 9.17) is 9.40 Å². The molecule has 0 aliphatic carbocycles. The minimum Gasteiger partial charge on any atom is -0.512 e. The van der Waals surface area contributed by atoms with Crippen LogP contribution in [0, 0.1) is 37.2 Å². The Balaban J connectivity index is 0.000000312. The number of rotatable bonds is 10. The van der Waals surface area contributed by atoms with Gasteiger partial charge >= 0.3 is 0 Å². The molecule has 0 spiro atoms. The minimum absolute atomic E-state index is 0. The van der Waals surface area contributed by atoms with Crippen molar-refractivity contribution in [3.63, 3.8) is 0 Å². The molecule has 1 radical (unpaired) electrons. The Kier molecular flexibility index (Phi) is 13.6. The second kappa shape index (κ2) is 17.3. The molecule has 1 N–H and O–H groups in total. The predicted octanol–water partition coefficient (Wildman–Crippen LogP) is 13.4. The molecular weight excluding hydrogens is 827 g/mol. The largest absolute Gasteiger partial charge is 0.512 e. The first-order chi connectivity index (χ1) is 23.9. The zero-order valence-electron chi connectivity index (χ0n) is 31.6. The first-order valence-corrected chi connectivity index (χ1v) is 19.0. The molecule has 0 bridgehead atoms. The second-order valence-corrected chi connectivity index (χ2v) is 15.9. The van der Waals surface area contributed by atoms with Crippen LogP contribution < -0.4 is 0 Å². The second-order valence-electron chi connectivity index (χ2n) is 14.7. The summed E-state index contributed by atoms with van der Waals surface area (Å²) in [4.78, 5) is 19.2. The monoisotopic (exact) mass is 879 g/mol. The summed E-state index contributed by atoms with van der Waals surface area (Å²) in [5.74, 6) is 0.547. The van der Waals surface area contributed by atoms with Gasteiger partial charge in [0.1, 0.15) is 5.58 Å². The molecule has 6 aromatic rings. The molecule has 0 atom stereocenters. The maximum absolute atomic E-state index is 11.7. The van der Waals surface area contributed by atoms with Gasteiger partial charge in [0.15, 0.2) is 5.78 Å². The summed E-state index contributed by atoms with van der Waals surface area (Å²) in [6.45, 7) is 19.2. The standard InChI is InChI=1S/C32H28NOS.C13H24O2.Ir/c1-19-14-20(2)29-27(15-19)34-31-25(16-21-8-6-7-9-24(21)30(29)31)26-17-22(12-13-33-26)28-11-10-23(35-28)18-32(3,4)5;1-5-10(6-2)12(14)9-13(15)11(7-3)8-4;/h6-15,17H,18H2,1-5H3;9-11,14H,5-8H2,1-4H3;/q-1;;/b;12-9-;. The number of carbonyl (C=O) groups is 1. The number of thiophene rings is 1. The molecule has 4 nitrogen and oxygen atoms in total. The number of hydrogen-bond acceptors (Lipinski definition) is 5. The number of aryl methyl sites for hydroxylation is 2. The van der Waals surface area contributed by atoms with Crippen LogP contribution in [-0.2, 0) is 31.3 Å². The van der Waals surface area contributed by atoms with Crippen LogP contribution in [0.1, 0.15) is 90.2 Å². The first-order valence-electron chi connectivity index (χ1n) is 18.1. The quantitative estimate of drug-likeness (QED) is 0.0846. The van der Waals surface area contributed by atoms with E-state index in [1.165, 1.54) is 37.9 Å². The van der Waals surface area contributed by atoms with E-state index < -0.39 is 0 Å². The van der Waals surface area contributed by atoms with Crippen LogP contribution in [0.4, 0.5) is 0 Å². The van der Waals surface area contributed by atoms with Crippen molar-refractivity contribution in [2.45, 2.75) is 94.4 Å². The molecule has 0 fully saturated rings. The number of furan rings is 1. The Morgan fingerprint density at radius 2 is 1.61 bits per heavy atom. The molecule has 3 aromatic heterocycles. The van der Waals surface area contributed by atoms with Crippen molar-refractivity contribution in [3.05, 3.63) is 101 Å². The van der Waals surface area contributed by atoms with Gasteiger partial charge in [-0.25, -0.2) is 0 Å². The van der Waals surface area contributed by atoms with Crippen molar-refractivity contribution in [2.75, 3.05) is 0 Å². The van der Waals surface area contributed by atoms with Gasteiger partial charge in [0.2, 0.25) is 0 Å². The predicted molar refractivity (Wildman–Crippen MR) is 213 cm³/mol. The Hall–Kier alpha value is -3.57. The average Bonchev–Trinajstić information content (AvgIpc) is 3.70. The van der Waals surface area contributed by atoms with Crippen LogP contribution >= 0.6 is 11.3 Å². The fraction of sp³-hybridized carbons (Fsp3) is 0.378. The third-order valence-electron chi connectivity index (χ3n) is 9.56. The fourth-order valence-corrected chi connectivity index (χ4v) is 8.17. The van der Waals surface area contributed by atoms with Crippen LogP contribution in [0.2, 0.25) is 0 Å². The van der Waals surface area contributed by atoms with E-state index in [9.17, 15) is 9.90 Å². The molecule has 6 heteroatoms. The van der Waals surface area contributed by atoms with Gasteiger partial charge in [-0.3, -0.25) is 9.78 Å². The Labute approximate surface area is 321 Å². The summed E-state index contributed by atoms with van der Waals surface area (Å²) in [5, 5.41) is 14.3.